The van der Waals surface area contributed by atoms with Gasteiger partial charge in [-0.1, -0.05) is 12.1 Å². The molecule has 0 fully saturated rings. The molecule has 1 amide bonds. The fourth-order valence-electron chi connectivity index (χ4n) is 1.85. The molecule has 2 N–H and O–H groups in total. The Balaban J connectivity index is 1.90. The predicted octanol–water partition coefficient (Wildman–Crippen LogP) is 2.94. The van der Waals surface area contributed by atoms with Crippen LogP contribution in [0.1, 0.15) is 0 Å². The van der Waals surface area contributed by atoms with E-state index in [1.54, 1.807) is 12.1 Å². The van der Waals surface area contributed by atoms with Gasteiger partial charge >= 0.3 is 0 Å². The molecule has 4 nitrogen and oxygen atoms in total. The highest BCUT2D eigenvalue weighted by atomic mass is 19.1. The standard InChI is InChI=1S/C16H18FN3O/c1-20(2)15-8-4-6-13(10-15)18-11-16(21)19-14-7-3-5-12(17)9-14/h3-10,18H,11H2,1-2H3,(H,19,21). The van der Waals surface area contributed by atoms with E-state index in [9.17, 15) is 9.18 Å². The molecule has 0 unspecified atom stereocenters. The maximum atomic E-state index is 13.0. The Kier molecular flexibility index (Phi) is 4.77. The lowest BCUT2D eigenvalue weighted by Gasteiger charge is -2.14. The zero-order chi connectivity index (χ0) is 15.2. The molecular formula is C16H18FN3O. The molecule has 0 aliphatic heterocycles. The number of rotatable bonds is 5. The van der Waals surface area contributed by atoms with Crippen LogP contribution in [-0.4, -0.2) is 26.5 Å². The first-order valence-electron chi connectivity index (χ1n) is 6.61. The van der Waals surface area contributed by atoms with Crippen LogP contribution in [0.3, 0.4) is 0 Å². The Bertz CT molecular complexity index is 628. The van der Waals surface area contributed by atoms with E-state index in [-0.39, 0.29) is 18.3 Å². The highest BCUT2D eigenvalue weighted by molar-refractivity contribution is 5.93. The van der Waals surface area contributed by atoms with E-state index in [1.807, 2.05) is 43.3 Å². The number of anilines is 3. The summed E-state index contributed by atoms with van der Waals surface area (Å²) in [5.74, 6) is -0.602. The smallest absolute Gasteiger partial charge is 0.243 e. The molecule has 0 aliphatic rings. The number of hydrogen-bond acceptors (Lipinski definition) is 3. The maximum absolute atomic E-state index is 13.0. The van der Waals surface area contributed by atoms with Crippen molar-refractivity contribution in [3.8, 4) is 0 Å². The number of carbonyl (C=O) groups excluding carboxylic acids is 1. The van der Waals surface area contributed by atoms with Crippen molar-refractivity contribution < 1.29 is 9.18 Å². The van der Waals surface area contributed by atoms with Crippen LogP contribution in [0, 0.1) is 5.82 Å². The van der Waals surface area contributed by atoms with Gasteiger partial charge < -0.3 is 15.5 Å². The molecular weight excluding hydrogens is 269 g/mol. The lowest BCUT2D eigenvalue weighted by atomic mass is 10.2. The molecule has 2 aromatic rings. The molecule has 0 aromatic heterocycles. The molecule has 0 saturated carbocycles. The molecule has 0 saturated heterocycles. The minimum atomic E-state index is -0.376. The van der Waals surface area contributed by atoms with E-state index < -0.39 is 0 Å². The molecule has 0 atom stereocenters. The van der Waals surface area contributed by atoms with E-state index in [1.165, 1.54) is 12.1 Å². The second-order valence-corrected chi connectivity index (χ2v) is 4.86. The van der Waals surface area contributed by atoms with Crippen LogP contribution in [-0.2, 0) is 4.79 Å². The second-order valence-electron chi connectivity index (χ2n) is 4.86. The first kappa shape index (κ1) is 14.8. The van der Waals surface area contributed by atoms with Gasteiger partial charge in [-0.2, -0.15) is 0 Å². The van der Waals surface area contributed by atoms with Gasteiger partial charge in [-0.15, -0.1) is 0 Å². The first-order valence-corrected chi connectivity index (χ1v) is 6.61. The number of benzene rings is 2. The summed E-state index contributed by atoms with van der Waals surface area (Å²) in [5.41, 5.74) is 2.35. The third-order valence-electron chi connectivity index (χ3n) is 2.92. The molecule has 0 heterocycles. The molecule has 110 valence electrons. The topological polar surface area (TPSA) is 44.4 Å². The largest absolute Gasteiger partial charge is 0.378 e. The van der Waals surface area contributed by atoms with Gasteiger partial charge in [0.1, 0.15) is 5.82 Å². The Morgan fingerprint density at radius 1 is 1.10 bits per heavy atom. The summed E-state index contributed by atoms with van der Waals surface area (Å²) < 4.78 is 13.0. The van der Waals surface area contributed by atoms with Crippen molar-refractivity contribution in [3.05, 3.63) is 54.3 Å². The van der Waals surface area contributed by atoms with Crippen molar-refractivity contribution in [2.24, 2.45) is 0 Å². The fourth-order valence-corrected chi connectivity index (χ4v) is 1.85. The van der Waals surface area contributed by atoms with Gasteiger partial charge in [0.05, 0.1) is 6.54 Å². The van der Waals surface area contributed by atoms with E-state index in [0.29, 0.717) is 5.69 Å². The predicted molar refractivity (Wildman–Crippen MR) is 84.3 cm³/mol. The third kappa shape index (κ3) is 4.49. The van der Waals surface area contributed by atoms with Gasteiger partial charge in [0, 0.05) is 31.2 Å². The minimum absolute atomic E-state index is 0.118. The van der Waals surface area contributed by atoms with Gasteiger partial charge in [0.25, 0.3) is 0 Å². The van der Waals surface area contributed by atoms with Crippen molar-refractivity contribution in [2.45, 2.75) is 0 Å². The van der Waals surface area contributed by atoms with Gasteiger partial charge in [0.15, 0.2) is 0 Å². The SMILES string of the molecule is CN(C)c1cccc(NCC(=O)Nc2cccc(F)c2)c1. The van der Waals surface area contributed by atoms with Crippen LogP contribution < -0.4 is 15.5 Å². The Morgan fingerprint density at radius 3 is 2.52 bits per heavy atom. The highest BCUT2D eigenvalue weighted by Gasteiger charge is 2.04. The lowest BCUT2D eigenvalue weighted by molar-refractivity contribution is -0.114. The van der Waals surface area contributed by atoms with Crippen molar-refractivity contribution in [1.29, 1.82) is 0 Å². The monoisotopic (exact) mass is 287 g/mol. The van der Waals surface area contributed by atoms with E-state index in [4.69, 9.17) is 0 Å². The van der Waals surface area contributed by atoms with Crippen molar-refractivity contribution in [2.75, 3.05) is 36.2 Å². The van der Waals surface area contributed by atoms with Crippen molar-refractivity contribution in [3.63, 3.8) is 0 Å². The lowest BCUT2D eigenvalue weighted by Crippen LogP contribution is -2.21. The summed E-state index contributed by atoms with van der Waals surface area (Å²) in [6, 6.07) is 13.6. The number of hydrogen-bond donors (Lipinski definition) is 2. The van der Waals surface area contributed by atoms with Crippen LogP contribution >= 0.6 is 0 Å². The zero-order valence-corrected chi connectivity index (χ0v) is 12.1. The Labute approximate surface area is 123 Å². The second kappa shape index (κ2) is 6.74. The molecule has 0 spiro atoms. The number of carbonyl (C=O) groups is 1. The van der Waals surface area contributed by atoms with Gasteiger partial charge in [0.2, 0.25) is 5.91 Å². The average molecular weight is 287 g/mol. The van der Waals surface area contributed by atoms with Crippen LogP contribution in [0.15, 0.2) is 48.5 Å². The summed E-state index contributed by atoms with van der Waals surface area (Å²) in [6.45, 7) is 0.118. The molecule has 0 aliphatic carbocycles. The molecule has 0 radical (unpaired) electrons. The van der Waals surface area contributed by atoms with Crippen LogP contribution in [0.4, 0.5) is 21.5 Å². The summed E-state index contributed by atoms with van der Waals surface area (Å²) in [5, 5.41) is 5.68. The maximum Gasteiger partial charge on any atom is 0.243 e. The van der Waals surface area contributed by atoms with Crippen LogP contribution in [0.25, 0.3) is 0 Å². The Morgan fingerprint density at radius 2 is 1.81 bits per heavy atom. The number of nitrogens with one attached hydrogen (secondary N) is 2. The number of halogens is 1. The van der Waals surface area contributed by atoms with Gasteiger partial charge in [-0.05, 0) is 36.4 Å². The van der Waals surface area contributed by atoms with Crippen molar-refractivity contribution >= 4 is 23.0 Å². The molecule has 5 heteroatoms. The van der Waals surface area contributed by atoms with E-state index in [2.05, 4.69) is 10.6 Å². The minimum Gasteiger partial charge on any atom is -0.378 e. The molecule has 21 heavy (non-hydrogen) atoms. The third-order valence-corrected chi connectivity index (χ3v) is 2.92. The average Bonchev–Trinajstić information content (AvgIpc) is 2.45. The van der Waals surface area contributed by atoms with Gasteiger partial charge in [-0.3, -0.25) is 4.79 Å². The van der Waals surface area contributed by atoms with Gasteiger partial charge in [-0.25, -0.2) is 4.39 Å². The summed E-state index contributed by atoms with van der Waals surface area (Å²) in [4.78, 5) is 13.8. The zero-order valence-electron chi connectivity index (χ0n) is 12.1. The summed E-state index contributed by atoms with van der Waals surface area (Å²) in [7, 11) is 3.91. The molecule has 0 bridgehead atoms. The normalized spacial score (nSPS) is 10.0. The van der Waals surface area contributed by atoms with E-state index >= 15 is 0 Å². The summed E-state index contributed by atoms with van der Waals surface area (Å²) >= 11 is 0. The van der Waals surface area contributed by atoms with Crippen molar-refractivity contribution in [1.82, 2.24) is 0 Å². The Hall–Kier alpha value is -2.56. The van der Waals surface area contributed by atoms with E-state index in [0.717, 1.165) is 11.4 Å². The van der Waals surface area contributed by atoms with Crippen LogP contribution in [0.2, 0.25) is 0 Å². The fraction of sp³-hybridized carbons (Fsp3) is 0.188. The number of amides is 1. The number of nitrogens with zero attached hydrogens (tertiary/aromatic N) is 1. The van der Waals surface area contributed by atoms with Crippen LogP contribution in [0.5, 0.6) is 0 Å². The summed E-state index contributed by atoms with van der Waals surface area (Å²) in [6.07, 6.45) is 0. The first-order chi connectivity index (χ1) is 10.0. The quantitative estimate of drug-likeness (QED) is 0.888. The molecule has 2 rings (SSSR count). The molecule has 2 aromatic carbocycles. The highest BCUT2D eigenvalue weighted by Crippen LogP contribution is 2.17.